The van der Waals surface area contributed by atoms with Crippen molar-refractivity contribution in [2.24, 2.45) is 5.92 Å². The van der Waals surface area contributed by atoms with Gasteiger partial charge in [-0.1, -0.05) is 0 Å². The van der Waals surface area contributed by atoms with E-state index in [-0.39, 0.29) is 17.7 Å². The molecule has 0 amide bonds. The van der Waals surface area contributed by atoms with Gasteiger partial charge < -0.3 is 10.1 Å². The first-order valence-electron chi connectivity index (χ1n) is 6.87. The number of halogens is 1. The highest BCUT2D eigenvalue weighted by Crippen LogP contribution is 2.27. The van der Waals surface area contributed by atoms with E-state index in [1.807, 2.05) is 6.92 Å². The molecule has 4 heteroatoms. The Morgan fingerprint density at radius 1 is 1.26 bits per heavy atom. The Morgan fingerprint density at radius 3 is 2.47 bits per heavy atom. The van der Waals surface area contributed by atoms with E-state index in [0.29, 0.717) is 12.6 Å². The average Bonchev–Trinajstić information content (AvgIpc) is 2.42. The molecule has 0 aromatic heterocycles. The molecule has 0 saturated heterocycles. The highest BCUT2D eigenvalue weighted by molar-refractivity contribution is 5.72. The predicted molar refractivity (Wildman–Crippen MR) is 72.4 cm³/mol. The molecule has 0 unspecified atom stereocenters. The molecule has 1 aromatic rings. The second-order valence-corrected chi connectivity index (χ2v) is 4.95. The van der Waals surface area contributed by atoms with Gasteiger partial charge in [-0.2, -0.15) is 0 Å². The van der Waals surface area contributed by atoms with Crippen molar-refractivity contribution in [3.05, 3.63) is 30.1 Å². The minimum atomic E-state index is -0.225. The molecule has 1 aliphatic rings. The minimum Gasteiger partial charge on any atom is -0.466 e. The Labute approximate surface area is 113 Å². The molecule has 1 saturated carbocycles. The number of carbonyl (C=O) groups excluding carboxylic acids is 1. The first-order valence-corrected chi connectivity index (χ1v) is 6.87. The zero-order valence-corrected chi connectivity index (χ0v) is 11.2. The van der Waals surface area contributed by atoms with E-state index in [1.54, 1.807) is 12.1 Å². The highest BCUT2D eigenvalue weighted by atomic mass is 19.1. The standard InChI is InChI=1S/C15H20FNO2/c1-2-19-15(18)11-3-7-13(8-4-11)17-14-9-5-12(16)6-10-14/h5-6,9-11,13,17H,2-4,7-8H2,1H3. The number of benzene rings is 1. The lowest BCUT2D eigenvalue weighted by atomic mass is 9.86. The van der Waals surface area contributed by atoms with Crippen LogP contribution in [0.1, 0.15) is 32.6 Å². The summed E-state index contributed by atoms with van der Waals surface area (Å²) in [7, 11) is 0. The van der Waals surface area contributed by atoms with E-state index >= 15 is 0 Å². The number of carbonyl (C=O) groups is 1. The smallest absolute Gasteiger partial charge is 0.308 e. The van der Waals surface area contributed by atoms with E-state index in [4.69, 9.17) is 4.74 Å². The lowest BCUT2D eigenvalue weighted by Crippen LogP contribution is -2.30. The van der Waals surface area contributed by atoms with Crippen LogP contribution in [0.4, 0.5) is 10.1 Å². The van der Waals surface area contributed by atoms with Crippen LogP contribution in [0, 0.1) is 11.7 Å². The van der Waals surface area contributed by atoms with Crippen molar-refractivity contribution in [3.8, 4) is 0 Å². The van der Waals surface area contributed by atoms with Crippen molar-refractivity contribution in [2.45, 2.75) is 38.6 Å². The van der Waals surface area contributed by atoms with Crippen LogP contribution in [0.2, 0.25) is 0 Å². The van der Waals surface area contributed by atoms with E-state index in [9.17, 15) is 9.18 Å². The number of hydrogen-bond acceptors (Lipinski definition) is 3. The third kappa shape index (κ3) is 3.94. The first kappa shape index (κ1) is 13.8. The molecule has 19 heavy (non-hydrogen) atoms. The molecule has 1 fully saturated rings. The van der Waals surface area contributed by atoms with E-state index in [1.165, 1.54) is 12.1 Å². The Bertz CT molecular complexity index is 411. The van der Waals surface area contributed by atoms with Crippen molar-refractivity contribution in [3.63, 3.8) is 0 Å². The van der Waals surface area contributed by atoms with Crippen LogP contribution in [0.3, 0.4) is 0 Å². The molecule has 1 aromatic carbocycles. The summed E-state index contributed by atoms with van der Waals surface area (Å²) in [5.41, 5.74) is 0.931. The largest absolute Gasteiger partial charge is 0.466 e. The van der Waals surface area contributed by atoms with Crippen LogP contribution in [0.5, 0.6) is 0 Å². The molecule has 0 aliphatic heterocycles. The quantitative estimate of drug-likeness (QED) is 0.848. The van der Waals surface area contributed by atoms with E-state index in [0.717, 1.165) is 31.4 Å². The summed E-state index contributed by atoms with van der Waals surface area (Å²) >= 11 is 0. The molecular formula is C15H20FNO2. The van der Waals surface area contributed by atoms with Gasteiger partial charge in [-0.15, -0.1) is 0 Å². The molecule has 0 bridgehead atoms. The highest BCUT2D eigenvalue weighted by Gasteiger charge is 2.26. The van der Waals surface area contributed by atoms with Crippen LogP contribution in [0.15, 0.2) is 24.3 Å². The van der Waals surface area contributed by atoms with Gasteiger partial charge >= 0.3 is 5.97 Å². The van der Waals surface area contributed by atoms with Crippen molar-refractivity contribution in [1.82, 2.24) is 0 Å². The molecule has 2 rings (SSSR count). The lowest BCUT2D eigenvalue weighted by Gasteiger charge is -2.28. The number of nitrogens with one attached hydrogen (secondary N) is 1. The molecule has 0 atom stereocenters. The first-order chi connectivity index (χ1) is 9.19. The van der Waals surface area contributed by atoms with Gasteiger partial charge in [0.1, 0.15) is 5.82 Å². The number of esters is 1. The summed E-state index contributed by atoms with van der Waals surface area (Å²) in [6, 6.07) is 6.75. The van der Waals surface area contributed by atoms with Crippen molar-refractivity contribution >= 4 is 11.7 Å². The Hall–Kier alpha value is -1.58. The molecule has 104 valence electrons. The number of ether oxygens (including phenoxy) is 1. The maximum Gasteiger partial charge on any atom is 0.308 e. The van der Waals surface area contributed by atoms with Gasteiger partial charge in [-0.25, -0.2) is 4.39 Å². The molecular weight excluding hydrogens is 245 g/mol. The summed E-state index contributed by atoms with van der Waals surface area (Å²) in [5, 5.41) is 3.38. The number of rotatable bonds is 4. The molecule has 0 heterocycles. The Balaban J connectivity index is 1.80. The summed E-state index contributed by atoms with van der Waals surface area (Å²) in [4.78, 5) is 11.6. The summed E-state index contributed by atoms with van der Waals surface area (Å²) in [6.45, 7) is 2.28. The normalized spacial score (nSPS) is 22.8. The van der Waals surface area contributed by atoms with Gasteiger partial charge in [0.05, 0.1) is 12.5 Å². The van der Waals surface area contributed by atoms with Crippen molar-refractivity contribution < 1.29 is 13.9 Å². The number of anilines is 1. The van der Waals surface area contributed by atoms with E-state index < -0.39 is 0 Å². The zero-order valence-electron chi connectivity index (χ0n) is 11.2. The molecule has 1 N–H and O–H groups in total. The van der Waals surface area contributed by atoms with Crippen LogP contribution in [-0.2, 0) is 9.53 Å². The van der Waals surface area contributed by atoms with Crippen LogP contribution >= 0.6 is 0 Å². The lowest BCUT2D eigenvalue weighted by molar-refractivity contribution is -0.149. The van der Waals surface area contributed by atoms with Gasteiger partial charge in [-0.05, 0) is 56.9 Å². The maximum atomic E-state index is 12.8. The third-order valence-electron chi connectivity index (χ3n) is 3.56. The fourth-order valence-electron chi connectivity index (χ4n) is 2.52. The van der Waals surface area contributed by atoms with Crippen molar-refractivity contribution in [1.29, 1.82) is 0 Å². The van der Waals surface area contributed by atoms with Gasteiger partial charge in [0.25, 0.3) is 0 Å². The maximum absolute atomic E-state index is 12.8. The van der Waals surface area contributed by atoms with Crippen molar-refractivity contribution in [2.75, 3.05) is 11.9 Å². The van der Waals surface area contributed by atoms with Gasteiger partial charge in [0.15, 0.2) is 0 Å². The molecule has 0 spiro atoms. The average molecular weight is 265 g/mol. The Morgan fingerprint density at radius 2 is 1.89 bits per heavy atom. The van der Waals surface area contributed by atoms with Gasteiger partial charge in [0, 0.05) is 11.7 Å². The Kier molecular flexibility index (Phi) is 4.77. The molecule has 0 radical (unpaired) electrons. The molecule has 1 aliphatic carbocycles. The van der Waals surface area contributed by atoms with Crippen LogP contribution < -0.4 is 5.32 Å². The second-order valence-electron chi connectivity index (χ2n) is 4.95. The molecule has 3 nitrogen and oxygen atoms in total. The fraction of sp³-hybridized carbons (Fsp3) is 0.533. The van der Waals surface area contributed by atoms with Crippen LogP contribution in [0.25, 0.3) is 0 Å². The third-order valence-corrected chi connectivity index (χ3v) is 3.56. The summed E-state index contributed by atoms with van der Waals surface area (Å²) in [6.07, 6.45) is 3.61. The summed E-state index contributed by atoms with van der Waals surface area (Å²) < 4.78 is 17.8. The number of hydrogen-bond donors (Lipinski definition) is 1. The second kappa shape index (κ2) is 6.55. The van der Waals surface area contributed by atoms with Gasteiger partial charge in [0.2, 0.25) is 0 Å². The SMILES string of the molecule is CCOC(=O)C1CCC(Nc2ccc(F)cc2)CC1. The topological polar surface area (TPSA) is 38.3 Å². The summed E-state index contributed by atoms with van der Waals surface area (Å²) in [5.74, 6) is -0.245. The predicted octanol–water partition coefficient (Wildman–Crippen LogP) is 3.36. The van der Waals surface area contributed by atoms with Crippen LogP contribution in [-0.4, -0.2) is 18.6 Å². The minimum absolute atomic E-state index is 0.0474. The zero-order chi connectivity index (χ0) is 13.7. The monoisotopic (exact) mass is 265 g/mol. The fourth-order valence-corrected chi connectivity index (χ4v) is 2.52. The van der Waals surface area contributed by atoms with E-state index in [2.05, 4.69) is 5.32 Å². The van der Waals surface area contributed by atoms with Gasteiger partial charge in [-0.3, -0.25) is 4.79 Å².